The molecule has 124 valence electrons. The molecule has 4 aromatic rings. The topological polar surface area (TPSA) is 93.6 Å². The van der Waals surface area contributed by atoms with Crippen LogP contribution in [0, 0.1) is 0 Å². The fourth-order valence-corrected chi connectivity index (χ4v) is 2.74. The first-order valence-corrected chi connectivity index (χ1v) is 8.00. The Morgan fingerprint density at radius 1 is 1.00 bits per heavy atom. The zero-order valence-corrected chi connectivity index (χ0v) is 13.5. The molecule has 6 heteroatoms. The number of hydrogen-bond acceptors (Lipinski definition) is 5. The molecule has 6 nitrogen and oxygen atoms in total. The molecule has 0 aliphatic rings. The summed E-state index contributed by atoms with van der Waals surface area (Å²) < 4.78 is 5.42. The predicted octanol–water partition coefficient (Wildman–Crippen LogP) is 3.22. The number of pyridine rings is 1. The fourth-order valence-electron chi connectivity index (χ4n) is 2.74. The van der Waals surface area contributed by atoms with Crippen molar-refractivity contribution in [1.29, 1.82) is 0 Å². The highest BCUT2D eigenvalue weighted by molar-refractivity contribution is 5.69. The van der Waals surface area contributed by atoms with Crippen LogP contribution in [0.3, 0.4) is 0 Å². The van der Waals surface area contributed by atoms with E-state index in [4.69, 9.17) is 10.3 Å². The molecular weight excluding hydrogens is 314 g/mol. The zero-order valence-electron chi connectivity index (χ0n) is 13.5. The van der Waals surface area contributed by atoms with Crippen LogP contribution in [0.25, 0.3) is 11.3 Å². The van der Waals surface area contributed by atoms with Crippen molar-refractivity contribution in [2.24, 2.45) is 0 Å². The standard InChI is InChI=1S/C19H17N5O/c20-19-17(2-1-7-21-19)18-10-16(24-25-18)9-14-5-3-13(4-6-14)8-15-11-22-23-12-15/h1-7,10-12H,8-9H2,(H2,20,21)(H,22,23). The SMILES string of the molecule is Nc1ncccc1-c1cc(Cc2ccc(Cc3cn[nH]c3)cc2)no1. The molecule has 0 amide bonds. The average molecular weight is 331 g/mol. The van der Waals surface area contributed by atoms with E-state index in [1.807, 2.05) is 30.6 Å². The third-order valence-corrected chi connectivity index (χ3v) is 4.03. The minimum absolute atomic E-state index is 0.439. The van der Waals surface area contributed by atoms with Gasteiger partial charge >= 0.3 is 0 Å². The molecule has 0 aliphatic carbocycles. The molecule has 0 saturated carbocycles. The Kier molecular flexibility index (Phi) is 4.00. The van der Waals surface area contributed by atoms with E-state index in [9.17, 15) is 0 Å². The summed E-state index contributed by atoms with van der Waals surface area (Å²) in [5.41, 5.74) is 11.1. The number of nitrogen functional groups attached to an aromatic ring is 1. The molecular formula is C19H17N5O. The van der Waals surface area contributed by atoms with E-state index in [1.54, 1.807) is 6.20 Å². The predicted molar refractivity (Wildman–Crippen MR) is 94.8 cm³/mol. The van der Waals surface area contributed by atoms with E-state index in [2.05, 4.69) is 44.6 Å². The van der Waals surface area contributed by atoms with E-state index in [1.165, 1.54) is 16.7 Å². The minimum atomic E-state index is 0.439. The van der Waals surface area contributed by atoms with Crippen LogP contribution in [0.2, 0.25) is 0 Å². The highest BCUT2D eigenvalue weighted by Gasteiger charge is 2.10. The van der Waals surface area contributed by atoms with Gasteiger partial charge < -0.3 is 10.3 Å². The summed E-state index contributed by atoms with van der Waals surface area (Å²) in [6.45, 7) is 0. The van der Waals surface area contributed by atoms with Gasteiger partial charge in [0.05, 0.1) is 17.5 Å². The molecule has 0 bridgehead atoms. The molecule has 3 N–H and O–H groups in total. The van der Waals surface area contributed by atoms with Crippen molar-refractivity contribution in [3.63, 3.8) is 0 Å². The van der Waals surface area contributed by atoms with Gasteiger partial charge in [0, 0.05) is 31.3 Å². The second-order valence-electron chi connectivity index (χ2n) is 5.90. The maximum absolute atomic E-state index is 5.88. The first-order valence-electron chi connectivity index (χ1n) is 8.00. The van der Waals surface area contributed by atoms with Gasteiger partial charge in [0.2, 0.25) is 0 Å². The van der Waals surface area contributed by atoms with Gasteiger partial charge in [-0.2, -0.15) is 5.10 Å². The van der Waals surface area contributed by atoms with E-state index < -0.39 is 0 Å². The van der Waals surface area contributed by atoms with E-state index in [0.29, 0.717) is 18.0 Å². The quantitative estimate of drug-likeness (QED) is 0.585. The van der Waals surface area contributed by atoms with Crippen LogP contribution < -0.4 is 5.73 Å². The monoisotopic (exact) mass is 331 g/mol. The molecule has 4 rings (SSSR count). The van der Waals surface area contributed by atoms with Gasteiger partial charge in [0.1, 0.15) is 5.82 Å². The number of aromatic amines is 1. The summed E-state index contributed by atoms with van der Waals surface area (Å²) in [5.74, 6) is 1.07. The Morgan fingerprint density at radius 2 is 1.80 bits per heavy atom. The molecule has 0 unspecified atom stereocenters. The average Bonchev–Trinajstić information content (AvgIpc) is 3.29. The second kappa shape index (κ2) is 6.60. The number of nitrogens with zero attached hydrogens (tertiary/aromatic N) is 3. The van der Waals surface area contributed by atoms with Crippen molar-refractivity contribution >= 4 is 5.82 Å². The summed E-state index contributed by atoms with van der Waals surface area (Å²) in [4.78, 5) is 4.07. The van der Waals surface area contributed by atoms with E-state index in [0.717, 1.165) is 17.7 Å². The lowest BCUT2D eigenvalue weighted by molar-refractivity contribution is 0.425. The Hall–Kier alpha value is -3.41. The Morgan fingerprint density at radius 3 is 2.52 bits per heavy atom. The molecule has 0 fully saturated rings. The number of hydrogen-bond donors (Lipinski definition) is 2. The van der Waals surface area contributed by atoms with Gasteiger partial charge in [-0.05, 0) is 28.8 Å². The smallest absolute Gasteiger partial charge is 0.170 e. The van der Waals surface area contributed by atoms with Crippen LogP contribution in [0.5, 0.6) is 0 Å². The number of nitrogens with one attached hydrogen (secondary N) is 1. The summed E-state index contributed by atoms with van der Waals surface area (Å²) in [5, 5.41) is 10.9. The molecule has 0 spiro atoms. The van der Waals surface area contributed by atoms with Crippen molar-refractivity contribution in [2.75, 3.05) is 5.73 Å². The second-order valence-corrected chi connectivity index (χ2v) is 5.90. The Balaban J connectivity index is 1.47. The highest BCUT2D eigenvalue weighted by atomic mass is 16.5. The van der Waals surface area contributed by atoms with Gasteiger partial charge in [-0.1, -0.05) is 29.4 Å². The number of H-pyrrole nitrogens is 1. The lowest BCUT2D eigenvalue weighted by Crippen LogP contribution is -1.92. The third kappa shape index (κ3) is 3.42. The molecule has 0 radical (unpaired) electrons. The van der Waals surface area contributed by atoms with Gasteiger partial charge in [0.25, 0.3) is 0 Å². The normalized spacial score (nSPS) is 10.9. The number of benzene rings is 1. The molecule has 0 atom stereocenters. The number of nitrogens with two attached hydrogens (primary N) is 1. The molecule has 3 heterocycles. The number of anilines is 1. The fraction of sp³-hybridized carbons (Fsp3) is 0.105. The molecule has 25 heavy (non-hydrogen) atoms. The number of rotatable bonds is 5. The van der Waals surface area contributed by atoms with Crippen LogP contribution in [-0.2, 0) is 12.8 Å². The summed E-state index contributed by atoms with van der Waals surface area (Å²) in [6.07, 6.45) is 6.98. The van der Waals surface area contributed by atoms with Crippen molar-refractivity contribution in [3.8, 4) is 11.3 Å². The lowest BCUT2D eigenvalue weighted by Gasteiger charge is -2.01. The van der Waals surface area contributed by atoms with Gasteiger partial charge in [-0.15, -0.1) is 0 Å². The Bertz CT molecular complexity index is 958. The minimum Gasteiger partial charge on any atom is -0.383 e. The molecule has 0 aliphatic heterocycles. The van der Waals surface area contributed by atoms with Crippen LogP contribution in [0.1, 0.15) is 22.4 Å². The summed E-state index contributed by atoms with van der Waals surface area (Å²) in [7, 11) is 0. The van der Waals surface area contributed by atoms with E-state index >= 15 is 0 Å². The summed E-state index contributed by atoms with van der Waals surface area (Å²) >= 11 is 0. The maximum Gasteiger partial charge on any atom is 0.170 e. The van der Waals surface area contributed by atoms with Crippen molar-refractivity contribution < 1.29 is 4.52 Å². The van der Waals surface area contributed by atoms with Crippen molar-refractivity contribution in [3.05, 3.63) is 83.4 Å². The molecule has 1 aromatic carbocycles. The first kappa shape index (κ1) is 15.1. The number of aromatic nitrogens is 4. The lowest BCUT2D eigenvalue weighted by atomic mass is 10.0. The largest absolute Gasteiger partial charge is 0.383 e. The van der Waals surface area contributed by atoms with Crippen LogP contribution in [-0.4, -0.2) is 20.3 Å². The van der Waals surface area contributed by atoms with Crippen molar-refractivity contribution in [2.45, 2.75) is 12.8 Å². The maximum atomic E-state index is 5.88. The summed E-state index contributed by atoms with van der Waals surface area (Å²) in [6, 6.07) is 14.1. The van der Waals surface area contributed by atoms with Crippen LogP contribution in [0.4, 0.5) is 5.82 Å². The van der Waals surface area contributed by atoms with Crippen LogP contribution >= 0.6 is 0 Å². The Labute approximate surface area is 144 Å². The highest BCUT2D eigenvalue weighted by Crippen LogP contribution is 2.25. The van der Waals surface area contributed by atoms with Gasteiger partial charge in [0.15, 0.2) is 5.76 Å². The molecule has 0 saturated heterocycles. The van der Waals surface area contributed by atoms with Gasteiger partial charge in [-0.25, -0.2) is 4.98 Å². The third-order valence-electron chi connectivity index (χ3n) is 4.03. The van der Waals surface area contributed by atoms with E-state index in [-0.39, 0.29) is 0 Å². The van der Waals surface area contributed by atoms with Gasteiger partial charge in [-0.3, -0.25) is 5.10 Å². The zero-order chi connectivity index (χ0) is 17.1. The van der Waals surface area contributed by atoms with Crippen LogP contribution in [0.15, 0.2) is 65.6 Å². The first-order chi connectivity index (χ1) is 12.3. The van der Waals surface area contributed by atoms with Crippen molar-refractivity contribution in [1.82, 2.24) is 20.3 Å². The molecule has 3 aromatic heterocycles.